The predicted molar refractivity (Wildman–Crippen MR) is 177 cm³/mol. The normalized spacial score (nSPS) is 15.9. The van der Waals surface area contributed by atoms with Crippen LogP contribution in [0.2, 0.25) is 0 Å². The first-order valence-electron chi connectivity index (χ1n) is 16.4. The van der Waals surface area contributed by atoms with Gasteiger partial charge in [0.25, 0.3) is 0 Å². The van der Waals surface area contributed by atoms with E-state index in [0.29, 0.717) is 23.3 Å². The Morgan fingerprint density at radius 1 is 1.00 bits per heavy atom. The van der Waals surface area contributed by atoms with Gasteiger partial charge in [0.05, 0.1) is 25.0 Å². The van der Waals surface area contributed by atoms with Gasteiger partial charge >= 0.3 is 18.2 Å². The molecule has 1 aliphatic heterocycles. The number of amides is 2. The topological polar surface area (TPSA) is 145 Å². The lowest BCUT2D eigenvalue weighted by atomic mass is 9.81. The number of Topliss-reactive ketones (excluding diaryl/α,β-unsaturated/α-hetero) is 1. The molecule has 0 radical (unpaired) electrons. The number of hydrogen-bond acceptors (Lipinski definition) is 9. The van der Waals surface area contributed by atoms with E-state index >= 15 is 0 Å². The first-order chi connectivity index (χ1) is 22.6. The highest BCUT2D eigenvalue weighted by atomic mass is 16.6. The maximum absolute atomic E-state index is 14.7. The van der Waals surface area contributed by atoms with E-state index in [2.05, 4.69) is 16.0 Å². The van der Waals surface area contributed by atoms with Gasteiger partial charge in [0.15, 0.2) is 5.78 Å². The zero-order valence-corrected chi connectivity index (χ0v) is 27.8. The molecule has 1 saturated heterocycles. The number of furan rings is 1. The van der Waals surface area contributed by atoms with Crippen molar-refractivity contribution < 1.29 is 37.8 Å². The van der Waals surface area contributed by atoms with Crippen molar-refractivity contribution in [1.82, 2.24) is 16.0 Å². The zero-order chi connectivity index (χ0) is 33.8. The molecule has 4 rings (SSSR count). The summed E-state index contributed by atoms with van der Waals surface area (Å²) in [5.41, 5.74) is 1.43. The Hall–Kier alpha value is -4.38. The van der Waals surface area contributed by atoms with Gasteiger partial charge in [-0.25, -0.2) is 9.59 Å². The number of aryl methyl sites for hydroxylation is 1. The van der Waals surface area contributed by atoms with Crippen LogP contribution in [0.4, 0.5) is 9.59 Å². The quantitative estimate of drug-likeness (QED) is 0.104. The molecule has 2 amide bonds. The Labute approximate surface area is 276 Å². The second kappa shape index (κ2) is 17.0. The number of ether oxygens (including phenoxy) is 3. The van der Waals surface area contributed by atoms with Gasteiger partial charge < -0.3 is 34.6 Å². The largest absolute Gasteiger partial charge is 0.466 e. The molecule has 1 aliphatic rings. The van der Waals surface area contributed by atoms with Crippen molar-refractivity contribution >= 4 is 34.9 Å². The average Bonchev–Trinajstić information content (AvgIpc) is 3.69. The number of fused-ring (bicyclic) bond motifs is 1. The molecule has 0 spiro atoms. The van der Waals surface area contributed by atoms with E-state index < -0.39 is 29.7 Å². The van der Waals surface area contributed by atoms with Crippen LogP contribution >= 0.6 is 0 Å². The summed E-state index contributed by atoms with van der Waals surface area (Å²) in [7, 11) is 0. The van der Waals surface area contributed by atoms with Gasteiger partial charge in [-0.05, 0) is 71.6 Å². The van der Waals surface area contributed by atoms with Crippen molar-refractivity contribution in [2.45, 2.75) is 96.4 Å². The Kier molecular flexibility index (Phi) is 12.8. The zero-order valence-electron chi connectivity index (χ0n) is 27.8. The molecule has 47 heavy (non-hydrogen) atoms. The molecule has 0 saturated carbocycles. The lowest BCUT2D eigenvalue weighted by Crippen LogP contribution is -2.48. The number of rotatable bonds is 15. The van der Waals surface area contributed by atoms with E-state index in [1.807, 2.05) is 54.6 Å². The Morgan fingerprint density at radius 2 is 1.74 bits per heavy atom. The minimum Gasteiger partial charge on any atom is -0.466 e. The standard InChI is InChI=1S/C36H47N3O8/c1-5-44-30(40)20-19-29-31(25-15-9-10-18-28(25)46-29)32(26-16-11-21-37-26)33(41)27(39-35(43)47-36(2,3)4)17-12-22-38-34(42)45-23-24-13-7-6-8-14-24/h6-10,13-15,18,26-27,32,37H,5,11-12,16-17,19-23H2,1-4H3,(H,38,42)(H,39,43). The Morgan fingerprint density at radius 3 is 2.45 bits per heavy atom. The molecule has 0 aliphatic carbocycles. The van der Waals surface area contributed by atoms with Crippen LogP contribution in [0, 0.1) is 0 Å². The number of ketones is 1. The van der Waals surface area contributed by atoms with E-state index in [4.69, 9.17) is 18.6 Å². The minimum absolute atomic E-state index is 0.102. The molecule has 11 nitrogen and oxygen atoms in total. The summed E-state index contributed by atoms with van der Waals surface area (Å²) in [6, 6.07) is 15.7. The molecule has 1 aromatic heterocycles. The molecule has 254 valence electrons. The van der Waals surface area contributed by atoms with E-state index in [0.717, 1.165) is 30.3 Å². The number of carbonyl (C=O) groups excluding carboxylic acids is 4. The van der Waals surface area contributed by atoms with Crippen LogP contribution in [0.1, 0.15) is 82.6 Å². The first-order valence-corrected chi connectivity index (χ1v) is 16.4. The summed E-state index contributed by atoms with van der Waals surface area (Å²) >= 11 is 0. The molecule has 1 fully saturated rings. The van der Waals surface area contributed by atoms with Gasteiger partial charge in [-0.1, -0.05) is 48.5 Å². The fraction of sp³-hybridized carbons (Fsp3) is 0.500. The Balaban J connectivity index is 1.56. The van der Waals surface area contributed by atoms with Crippen LogP contribution in [0.5, 0.6) is 0 Å². The predicted octanol–water partition coefficient (Wildman–Crippen LogP) is 5.93. The molecular formula is C36H47N3O8. The number of benzene rings is 2. The molecule has 2 heterocycles. The third-order valence-corrected chi connectivity index (χ3v) is 7.88. The summed E-state index contributed by atoms with van der Waals surface area (Å²) < 4.78 is 22.3. The third-order valence-electron chi connectivity index (χ3n) is 7.88. The molecule has 0 bridgehead atoms. The molecule has 11 heteroatoms. The van der Waals surface area contributed by atoms with Crippen LogP contribution < -0.4 is 16.0 Å². The van der Waals surface area contributed by atoms with Gasteiger partial charge in [-0.2, -0.15) is 0 Å². The van der Waals surface area contributed by atoms with Crippen molar-refractivity contribution in [3.05, 3.63) is 71.5 Å². The van der Waals surface area contributed by atoms with E-state index in [-0.39, 0.29) is 56.8 Å². The van der Waals surface area contributed by atoms with Crippen molar-refractivity contribution in [3.8, 4) is 0 Å². The summed E-state index contributed by atoms with van der Waals surface area (Å²) in [6.45, 7) is 8.43. The monoisotopic (exact) mass is 649 g/mol. The second-order valence-corrected chi connectivity index (χ2v) is 12.7. The lowest BCUT2D eigenvalue weighted by Gasteiger charge is -2.29. The van der Waals surface area contributed by atoms with Gasteiger partial charge in [-0.15, -0.1) is 0 Å². The molecule has 3 atom stereocenters. The fourth-order valence-corrected chi connectivity index (χ4v) is 5.85. The highest BCUT2D eigenvalue weighted by Gasteiger charge is 2.40. The van der Waals surface area contributed by atoms with E-state index in [1.165, 1.54) is 0 Å². The van der Waals surface area contributed by atoms with Crippen LogP contribution in [-0.2, 0) is 36.8 Å². The number of hydrogen-bond donors (Lipinski definition) is 3. The van der Waals surface area contributed by atoms with Crippen molar-refractivity contribution in [1.29, 1.82) is 0 Å². The summed E-state index contributed by atoms with van der Waals surface area (Å²) in [6.07, 6.45) is 1.37. The molecule has 3 N–H and O–H groups in total. The van der Waals surface area contributed by atoms with Gasteiger partial charge in [0.2, 0.25) is 0 Å². The van der Waals surface area contributed by atoms with Crippen molar-refractivity contribution in [3.63, 3.8) is 0 Å². The average molecular weight is 650 g/mol. The maximum atomic E-state index is 14.7. The minimum atomic E-state index is -0.925. The van der Waals surface area contributed by atoms with Crippen LogP contribution in [0.15, 0.2) is 59.0 Å². The number of carbonyl (C=O) groups is 4. The highest BCUT2D eigenvalue weighted by molar-refractivity contribution is 5.98. The van der Waals surface area contributed by atoms with Crippen molar-refractivity contribution in [2.24, 2.45) is 0 Å². The fourth-order valence-electron chi connectivity index (χ4n) is 5.85. The van der Waals surface area contributed by atoms with Crippen LogP contribution in [0.3, 0.4) is 0 Å². The van der Waals surface area contributed by atoms with Crippen molar-refractivity contribution in [2.75, 3.05) is 19.7 Å². The highest BCUT2D eigenvalue weighted by Crippen LogP contribution is 2.38. The lowest BCUT2D eigenvalue weighted by molar-refractivity contribution is -0.143. The number of alkyl carbamates (subject to hydrolysis) is 2. The number of para-hydroxylation sites is 1. The smallest absolute Gasteiger partial charge is 0.408 e. The molecule has 3 unspecified atom stereocenters. The van der Waals surface area contributed by atoms with E-state index in [9.17, 15) is 19.2 Å². The number of esters is 1. The molecule has 2 aromatic carbocycles. The van der Waals surface area contributed by atoms with Crippen LogP contribution in [-0.4, -0.2) is 61.3 Å². The van der Waals surface area contributed by atoms with Crippen LogP contribution in [0.25, 0.3) is 11.0 Å². The first kappa shape index (κ1) is 35.5. The van der Waals surface area contributed by atoms with Gasteiger partial charge in [-0.3, -0.25) is 9.59 Å². The second-order valence-electron chi connectivity index (χ2n) is 12.7. The SMILES string of the molecule is CCOC(=O)CCc1oc2ccccc2c1C(C(=O)C(CCCNC(=O)OCc1ccccc1)NC(=O)OC(C)(C)C)C1CCCN1. The maximum Gasteiger partial charge on any atom is 0.408 e. The van der Waals surface area contributed by atoms with Gasteiger partial charge in [0, 0.05) is 30.0 Å². The third kappa shape index (κ3) is 10.6. The van der Waals surface area contributed by atoms with E-state index in [1.54, 1.807) is 27.7 Å². The number of nitrogens with one attached hydrogen (secondary N) is 3. The molecular weight excluding hydrogens is 602 g/mol. The summed E-state index contributed by atoms with van der Waals surface area (Å²) in [4.78, 5) is 52.4. The summed E-state index contributed by atoms with van der Waals surface area (Å²) in [5.74, 6) is -0.682. The molecule has 3 aromatic rings. The Bertz CT molecular complexity index is 1490. The summed E-state index contributed by atoms with van der Waals surface area (Å²) in [5, 5.41) is 9.83. The van der Waals surface area contributed by atoms with Gasteiger partial charge in [0.1, 0.15) is 23.6 Å².